The van der Waals surface area contributed by atoms with Crippen molar-refractivity contribution in [2.75, 3.05) is 0 Å². The van der Waals surface area contributed by atoms with Crippen LogP contribution in [-0.2, 0) is 22.7 Å². The highest BCUT2D eigenvalue weighted by molar-refractivity contribution is 5.88. The molecule has 1 aromatic heterocycles. The lowest BCUT2D eigenvalue weighted by Gasteiger charge is -2.40. The molecule has 1 aliphatic carbocycles. The van der Waals surface area contributed by atoms with Gasteiger partial charge in [0.15, 0.2) is 5.76 Å². The Bertz CT molecular complexity index is 1920. The van der Waals surface area contributed by atoms with Crippen molar-refractivity contribution < 1.29 is 38.4 Å². The van der Waals surface area contributed by atoms with Crippen LogP contribution in [0.2, 0.25) is 0 Å². The number of fused-ring (bicyclic) bond motifs is 1. The van der Waals surface area contributed by atoms with Gasteiger partial charge in [0.2, 0.25) is 11.2 Å². The monoisotopic (exact) mass is 650 g/mol. The number of aryl methyl sites for hydroxylation is 1. The molecule has 9 heteroatoms. The number of aliphatic hydroxyl groups excluding tert-OH is 2. The highest BCUT2D eigenvalue weighted by atomic mass is 16.6. The van der Waals surface area contributed by atoms with Gasteiger partial charge in [-0.3, -0.25) is 9.59 Å². The van der Waals surface area contributed by atoms with E-state index in [-0.39, 0.29) is 35.8 Å². The van der Waals surface area contributed by atoms with Crippen LogP contribution in [0.4, 0.5) is 0 Å². The van der Waals surface area contributed by atoms with Crippen molar-refractivity contribution in [1.29, 1.82) is 0 Å². The first-order chi connectivity index (χ1) is 23.2. The predicted octanol–water partition coefficient (Wildman–Crippen LogP) is 6.37. The Balaban J connectivity index is 1.39. The summed E-state index contributed by atoms with van der Waals surface area (Å²) in [5, 5.41) is 22.2. The van der Waals surface area contributed by atoms with Crippen LogP contribution in [-0.4, -0.2) is 40.6 Å². The zero-order valence-electron chi connectivity index (χ0n) is 27.0. The van der Waals surface area contributed by atoms with Gasteiger partial charge in [0.05, 0.1) is 0 Å². The summed E-state index contributed by atoms with van der Waals surface area (Å²) in [5.41, 5.74) is 3.14. The van der Waals surface area contributed by atoms with Crippen LogP contribution < -0.4 is 19.6 Å². The molecule has 0 spiro atoms. The van der Waals surface area contributed by atoms with E-state index in [1.54, 1.807) is 43.3 Å². The summed E-state index contributed by atoms with van der Waals surface area (Å²) < 4.78 is 30.2. The summed E-state index contributed by atoms with van der Waals surface area (Å²) in [4.78, 5) is 26.1. The Labute approximate surface area is 278 Å². The van der Waals surface area contributed by atoms with Gasteiger partial charge >= 0.3 is 5.97 Å². The minimum absolute atomic E-state index is 0.136. The third kappa shape index (κ3) is 7.22. The smallest absolute Gasteiger partial charge is 0.303 e. The van der Waals surface area contributed by atoms with E-state index in [2.05, 4.69) is 0 Å². The molecular weight excluding hydrogens is 612 g/mol. The molecular formula is C39H38O9. The Morgan fingerprint density at radius 1 is 0.854 bits per heavy atom. The van der Waals surface area contributed by atoms with Gasteiger partial charge in [-0.1, -0.05) is 67.6 Å². The minimum Gasteiger partial charge on any atom is -0.489 e. The van der Waals surface area contributed by atoms with Crippen molar-refractivity contribution in [2.45, 2.75) is 64.8 Å². The molecule has 1 heterocycles. The fourth-order valence-corrected chi connectivity index (χ4v) is 6.03. The average molecular weight is 651 g/mol. The molecule has 0 aliphatic heterocycles. The second-order valence-electron chi connectivity index (χ2n) is 12.2. The Kier molecular flexibility index (Phi) is 9.80. The first kappa shape index (κ1) is 32.8. The maximum atomic E-state index is 14.4. The number of benzene rings is 4. The largest absolute Gasteiger partial charge is 0.489 e. The van der Waals surface area contributed by atoms with Gasteiger partial charge in [-0.15, -0.1) is 0 Å². The van der Waals surface area contributed by atoms with Crippen LogP contribution in [0, 0.1) is 12.8 Å². The van der Waals surface area contributed by atoms with E-state index in [0.717, 1.165) is 16.7 Å². The third-order valence-corrected chi connectivity index (χ3v) is 8.47. The summed E-state index contributed by atoms with van der Waals surface area (Å²) in [6.07, 6.45) is -4.60. The maximum Gasteiger partial charge on any atom is 0.303 e. The van der Waals surface area contributed by atoms with Gasteiger partial charge < -0.3 is 33.6 Å². The average Bonchev–Trinajstić information content (AvgIpc) is 3.09. The van der Waals surface area contributed by atoms with Gasteiger partial charge in [0.1, 0.15) is 60.1 Å². The number of carbonyl (C=O) groups is 1. The molecule has 248 valence electrons. The van der Waals surface area contributed by atoms with Gasteiger partial charge in [-0.2, -0.15) is 0 Å². The van der Waals surface area contributed by atoms with Crippen LogP contribution in [0.15, 0.2) is 106 Å². The fourth-order valence-electron chi connectivity index (χ4n) is 6.03. The normalized spacial score (nSPS) is 20.6. The molecule has 1 fully saturated rings. The fraction of sp³-hybridized carbons (Fsp3) is 0.282. The van der Waals surface area contributed by atoms with Crippen molar-refractivity contribution in [3.8, 4) is 28.6 Å². The lowest BCUT2D eigenvalue weighted by atomic mass is 9.81. The number of rotatable bonds is 10. The first-order valence-electron chi connectivity index (χ1n) is 15.9. The molecule has 1 aliphatic rings. The molecule has 1 unspecified atom stereocenters. The van der Waals surface area contributed by atoms with Gasteiger partial charge in [-0.05, 0) is 72.4 Å². The second kappa shape index (κ2) is 14.3. The molecule has 0 bridgehead atoms. The summed E-state index contributed by atoms with van der Waals surface area (Å²) in [6.45, 7) is 5.54. The van der Waals surface area contributed by atoms with Gasteiger partial charge in [0, 0.05) is 12.5 Å². The molecule has 6 rings (SSSR count). The topological polar surface area (TPSA) is 125 Å². The third-order valence-electron chi connectivity index (χ3n) is 8.47. The van der Waals surface area contributed by atoms with E-state index in [9.17, 15) is 19.8 Å². The van der Waals surface area contributed by atoms with E-state index >= 15 is 0 Å². The molecule has 2 N–H and O–H groups in total. The van der Waals surface area contributed by atoms with Crippen molar-refractivity contribution in [3.05, 3.63) is 124 Å². The molecule has 0 saturated heterocycles. The highest BCUT2D eigenvalue weighted by Gasteiger charge is 2.45. The molecule has 48 heavy (non-hydrogen) atoms. The van der Waals surface area contributed by atoms with Crippen molar-refractivity contribution in [2.24, 2.45) is 5.92 Å². The maximum absolute atomic E-state index is 14.4. The van der Waals surface area contributed by atoms with E-state index in [4.69, 9.17) is 23.4 Å². The Morgan fingerprint density at radius 3 is 2.10 bits per heavy atom. The lowest BCUT2D eigenvalue weighted by molar-refractivity contribution is -0.182. The molecule has 4 aromatic carbocycles. The second-order valence-corrected chi connectivity index (χ2v) is 12.2. The van der Waals surface area contributed by atoms with Crippen LogP contribution in [0.25, 0.3) is 22.3 Å². The van der Waals surface area contributed by atoms with E-state index < -0.39 is 35.8 Å². The van der Waals surface area contributed by atoms with E-state index in [0.29, 0.717) is 29.3 Å². The Morgan fingerprint density at radius 2 is 1.48 bits per heavy atom. The molecule has 5 aromatic rings. The number of hydrogen-bond donors (Lipinski definition) is 2. The summed E-state index contributed by atoms with van der Waals surface area (Å²) in [6, 6.07) is 30.0. The van der Waals surface area contributed by atoms with Crippen molar-refractivity contribution in [3.63, 3.8) is 0 Å². The van der Waals surface area contributed by atoms with Crippen LogP contribution in [0.3, 0.4) is 0 Å². The lowest BCUT2D eigenvalue weighted by Crippen LogP contribution is -2.56. The number of hydrogen-bond acceptors (Lipinski definition) is 9. The van der Waals surface area contributed by atoms with Gasteiger partial charge in [0.25, 0.3) is 0 Å². The molecule has 9 nitrogen and oxygen atoms in total. The van der Waals surface area contributed by atoms with Crippen LogP contribution in [0.5, 0.6) is 17.2 Å². The molecule has 0 radical (unpaired) electrons. The summed E-state index contributed by atoms with van der Waals surface area (Å²) in [5.74, 6) is 0.0283. The molecule has 0 amide bonds. The van der Waals surface area contributed by atoms with Gasteiger partial charge in [-0.25, -0.2) is 0 Å². The quantitative estimate of drug-likeness (QED) is 0.166. The van der Waals surface area contributed by atoms with E-state index in [1.165, 1.54) is 6.92 Å². The zero-order valence-corrected chi connectivity index (χ0v) is 27.0. The van der Waals surface area contributed by atoms with Crippen molar-refractivity contribution in [1.82, 2.24) is 0 Å². The summed E-state index contributed by atoms with van der Waals surface area (Å²) in [7, 11) is 0. The molecule has 1 saturated carbocycles. The number of esters is 1. The van der Waals surface area contributed by atoms with E-state index in [1.807, 2.05) is 67.6 Å². The number of ether oxygens (including phenoxy) is 4. The number of carbonyl (C=O) groups excluding carboxylic acids is 1. The summed E-state index contributed by atoms with van der Waals surface area (Å²) >= 11 is 0. The minimum atomic E-state index is -1.45. The SMILES string of the molecule is CC(=O)O[C@@H]1[C@@H](O)[C@@H](O)C(Oc2c(-c3ccc(OCc4ccccc4)cc3)oc3cc(C)cc(OCc4ccccc4)c3c2=O)C[C@H]1C. The van der Waals surface area contributed by atoms with Crippen LogP contribution >= 0.6 is 0 Å². The number of aliphatic hydroxyl groups is 2. The first-order valence-corrected chi connectivity index (χ1v) is 15.9. The molecule has 5 atom stereocenters. The zero-order chi connectivity index (χ0) is 33.8. The predicted molar refractivity (Wildman–Crippen MR) is 180 cm³/mol. The van der Waals surface area contributed by atoms with Crippen molar-refractivity contribution >= 4 is 16.9 Å². The Hall–Kier alpha value is -5.12. The van der Waals surface area contributed by atoms with Crippen LogP contribution in [0.1, 0.15) is 37.0 Å². The standard InChI is InChI=1S/C39H38O9/c1-23-18-30(45-22-27-12-8-5-9-13-27)33-31(19-23)47-38(28-14-16-29(17-15-28)44-21-26-10-6-4-7-11-26)39(35(33)42)48-32-20-24(2)37(46-25(3)40)36(43)34(32)41/h4-19,24,32,34,36-37,41,43H,20-22H2,1-3H3/t24-,32?,34+,36+,37+/m1/s1. The highest BCUT2D eigenvalue weighted by Crippen LogP contribution is 2.38.